The van der Waals surface area contributed by atoms with Crippen LogP contribution in [0.4, 0.5) is 10.5 Å². The maximum Gasteiger partial charge on any atom is 0.293 e. The minimum absolute atomic E-state index is 0.00657. The number of nitro benzene ring substituents is 1. The number of aromatic nitrogens is 1. The fourth-order valence-corrected chi connectivity index (χ4v) is 3.84. The van der Waals surface area contributed by atoms with Crippen molar-refractivity contribution in [3.8, 4) is 5.69 Å². The SMILES string of the molecule is C=CCN1C(=O)SC(=Cc2cc(C)n(-c3cccc([N+](=O)[O-])c3)c2C)C1=O. The Morgan fingerprint density at radius 1 is 1.26 bits per heavy atom. The molecule has 2 heterocycles. The summed E-state index contributed by atoms with van der Waals surface area (Å²) in [5.41, 5.74) is 3.14. The number of hydrogen-bond acceptors (Lipinski definition) is 5. The zero-order valence-corrected chi connectivity index (χ0v) is 15.7. The van der Waals surface area contributed by atoms with Gasteiger partial charge in [-0.2, -0.15) is 0 Å². The quantitative estimate of drug-likeness (QED) is 0.334. The van der Waals surface area contributed by atoms with Crippen LogP contribution in [-0.4, -0.2) is 32.1 Å². The number of thioether (sulfide) groups is 1. The van der Waals surface area contributed by atoms with E-state index in [1.54, 1.807) is 18.2 Å². The van der Waals surface area contributed by atoms with E-state index in [1.807, 2.05) is 24.5 Å². The molecule has 1 aromatic carbocycles. The molecule has 3 rings (SSSR count). The van der Waals surface area contributed by atoms with Crippen LogP contribution >= 0.6 is 11.8 Å². The monoisotopic (exact) mass is 383 g/mol. The predicted octanol–water partition coefficient (Wildman–Crippen LogP) is 4.22. The van der Waals surface area contributed by atoms with Gasteiger partial charge in [-0.15, -0.1) is 6.58 Å². The first-order valence-corrected chi connectivity index (χ1v) is 8.95. The second kappa shape index (κ2) is 7.24. The molecule has 2 aromatic rings. The van der Waals surface area contributed by atoms with Crippen molar-refractivity contribution in [1.29, 1.82) is 0 Å². The van der Waals surface area contributed by atoms with Crippen LogP contribution in [0.15, 0.2) is 47.9 Å². The molecule has 0 unspecified atom stereocenters. The minimum Gasteiger partial charge on any atom is -0.318 e. The molecular weight excluding hydrogens is 366 g/mol. The summed E-state index contributed by atoms with van der Waals surface area (Å²) in [6.07, 6.45) is 3.19. The maximum atomic E-state index is 12.4. The number of amides is 2. The summed E-state index contributed by atoms with van der Waals surface area (Å²) in [6.45, 7) is 7.48. The summed E-state index contributed by atoms with van der Waals surface area (Å²) in [7, 11) is 0. The molecule has 1 aliphatic rings. The van der Waals surface area contributed by atoms with E-state index in [-0.39, 0.29) is 23.4 Å². The van der Waals surface area contributed by atoms with E-state index in [0.29, 0.717) is 10.6 Å². The van der Waals surface area contributed by atoms with Crippen LogP contribution in [0.1, 0.15) is 17.0 Å². The zero-order valence-electron chi connectivity index (χ0n) is 14.8. The van der Waals surface area contributed by atoms with Crippen LogP contribution in [0.2, 0.25) is 0 Å². The first kappa shape index (κ1) is 18.7. The fourth-order valence-electron chi connectivity index (χ4n) is 3.00. The van der Waals surface area contributed by atoms with Gasteiger partial charge in [0.2, 0.25) is 0 Å². The number of imide groups is 1. The van der Waals surface area contributed by atoms with Gasteiger partial charge in [0.1, 0.15) is 0 Å². The van der Waals surface area contributed by atoms with E-state index >= 15 is 0 Å². The van der Waals surface area contributed by atoms with Crippen LogP contribution in [0.5, 0.6) is 0 Å². The molecule has 138 valence electrons. The summed E-state index contributed by atoms with van der Waals surface area (Å²) in [4.78, 5) is 36.5. The second-order valence-corrected chi connectivity index (χ2v) is 7.01. The molecule has 2 amide bonds. The number of hydrogen-bond donors (Lipinski definition) is 0. The number of carbonyl (C=O) groups excluding carboxylic acids is 2. The Bertz CT molecular complexity index is 1010. The highest BCUT2D eigenvalue weighted by Gasteiger charge is 2.34. The highest BCUT2D eigenvalue weighted by molar-refractivity contribution is 8.18. The number of non-ortho nitro benzene ring substituents is 1. The Balaban J connectivity index is 2.01. The average Bonchev–Trinajstić information content (AvgIpc) is 3.05. The Morgan fingerprint density at radius 2 is 2.00 bits per heavy atom. The van der Waals surface area contributed by atoms with Crippen LogP contribution in [0.25, 0.3) is 11.8 Å². The molecule has 0 saturated carbocycles. The molecule has 0 N–H and O–H groups in total. The third kappa shape index (κ3) is 3.43. The molecule has 8 heteroatoms. The standard InChI is InChI=1S/C19H17N3O4S/c1-4-8-20-18(23)17(27-19(20)24)10-14-9-12(2)21(13(14)3)15-6-5-7-16(11-15)22(25)26/h4-7,9-11H,1,8H2,2-3H3. The summed E-state index contributed by atoms with van der Waals surface area (Å²) < 4.78 is 1.88. The van der Waals surface area contributed by atoms with Gasteiger partial charge in [-0.05, 0) is 49.4 Å². The lowest BCUT2D eigenvalue weighted by atomic mass is 10.2. The number of nitrogens with zero attached hydrogens (tertiary/aromatic N) is 3. The molecule has 0 atom stereocenters. The lowest BCUT2D eigenvalue weighted by Crippen LogP contribution is -2.27. The molecule has 0 spiro atoms. The van der Waals surface area contributed by atoms with Gasteiger partial charge >= 0.3 is 0 Å². The van der Waals surface area contributed by atoms with Crippen LogP contribution in [-0.2, 0) is 4.79 Å². The van der Waals surface area contributed by atoms with Crippen molar-refractivity contribution < 1.29 is 14.5 Å². The third-order valence-electron chi connectivity index (χ3n) is 4.24. The summed E-state index contributed by atoms with van der Waals surface area (Å²) in [5, 5.41) is 10.7. The molecule has 7 nitrogen and oxygen atoms in total. The first-order chi connectivity index (χ1) is 12.8. The third-order valence-corrected chi connectivity index (χ3v) is 5.15. The Labute approximate surface area is 160 Å². The Kier molecular flexibility index (Phi) is 5.00. The average molecular weight is 383 g/mol. The van der Waals surface area contributed by atoms with Crippen LogP contribution in [0, 0.1) is 24.0 Å². The number of aryl methyl sites for hydroxylation is 1. The molecular formula is C19H17N3O4S. The second-order valence-electron chi connectivity index (χ2n) is 6.02. The van der Waals surface area contributed by atoms with E-state index in [0.717, 1.165) is 33.6 Å². The van der Waals surface area contributed by atoms with Crippen molar-refractivity contribution >= 4 is 34.7 Å². The molecule has 1 aromatic heterocycles. The zero-order chi connectivity index (χ0) is 19.7. The Hall–Kier alpha value is -3.13. The number of nitro groups is 1. The van der Waals surface area contributed by atoms with Gasteiger partial charge in [0.05, 0.1) is 15.5 Å². The topological polar surface area (TPSA) is 85.4 Å². The Morgan fingerprint density at radius 3 is 2.67 bits per heavy atom. The van der Waals surface area contributed by atoms with Gasteiger partial charge < -0.3 is 4.57 Å². The highest BCUT2D eigenvalue weighted by atomic mass is 32.2. The van der Waals surface area contributed by atoms with Crippen LogP contribution in [0.3, 0.4) is 0 Å². The van der Waals surface area contributed by atoms with Gasteiger partial charge in [-0.25, -0.2) is 0 Å². The van der Waals surface area contributed by atoms with E-state index in [9.17, 15) is 19.7 Å². The van der Waals surface area contributed by atoms with Gasteiger partial charge in [-0.3, -0.25) is 24.6 Å². The summed E-state index contributed by atoms with van der Waals surface area (Å²) >= 11 is 0.895. The van der Waals surface area contributed by atoms with E-state index in [2.05, 4.69) is 6.58 Å². The van der Waals surface area contributed by atoms with Crippen LogP contribution < -0.4 is 0 Å². The smallest absolute Gasteiger partial charge is 0.293 e. The normalized spacial score (nSPS) is 15.6. The van der Waals surface area contributed by atoms with Gasteiger partial charge in [0, 0.05) is 30.1 Å². The fraction of sp³-hybridized carbons (Fsp3) is 0.158. The highest BCUT2D eigenvalue weighted by Crippen LogP contribution is 2.33. The molecule has 1 aliphatic heterocycles. The molecule has 1 fully saturated rings. The largest absolute Gasteiger partial charge is 0.318 e. The number of carbonyl (C=O) groups is 2. The first-order valence-electron chi connectivity index (χ1n) is 8.13. The van der Waals surface area contributed by atoms with E-state index < -0.39 is 4.92 Å². The lowest BCUT2D eigenvalue weighted by molar-refractivity contribution is -0.384. The molecule has 0 bridgehead atoms. The van der Waals surface area contributed by atoms with E-state index in [1.165, 1.54) is 18.2 Å². The van der Waals surface area contributed by atoms with Crippen molar-refractivity contribution in [3.05, 3.63) is 75.0 Å². The van der Waals surface area contributed by atoms with Crippen molar-refractivity contribution in [3.63, 3.8) is 0 Å². The summed E-state index contributed by atoms with van der Waals surface area (Å²) in [6, 6.07) is 8.24. The van der Waals surface area contributed by atoms with Gasteiger partial charge in [0.25, 0.3) is 16.8 Å². The van der Waals surface area contributed by atoms with Crippen molar-refractivity contribution in [2.24, 2.45) is 0 Å². The van der Waals surface area contributed by atoms with E-state index in [4.69, 9.17) is 0 Å². The predicted molar refractivity (Wildman–Crippen MR) is 105 cm³/mol. The molecule has 0 radical (unpaired) electrons. The molecule has 1 saturated heterocycles. The minimum atomic E-state index is -0.436. The van der Waals surface area contributed by atoms with Gasteiger partial charge in [-0.1, -0.05) is 12.1 Å². The molecule has 0 aliphatic carbocycles. The van der Waals surface area contributed by atoms with Gasteiger partial charge in [0.15, 0.2) is 0 Å². The lowest BCUT2D eigenvalue weighted by Gasteiger charge is -2.09. The number of rotatable bonds is 5. The summed E-state index contributed by atoms with van der Waals surface area (Å²) in [5.74, 6) is -0.343. The van der Waals surface area contributed by atoms with Crippen molar-refractivity contribution in [2.45, 2.75) is 13.8 Å². The molecule has 27 heavy (non-hydrogen) atoms. The van der Waals surface area contributed by atoms with Crippen molar-refractivity contribution in [2.75, 3.05) is 6.54 Å². The maximum absolute atomic E-state index is 12.4. The number of benzene rings is 1. The van der Waals surface area contributed by atoms with Crippen molar-refractivity contribution in [1.82, 2.24) is 9.47 Å².